The molecule has 0 fully saturated rings. The van der Waals surface area contributed by atoms with Gasteiger partial charge in [0, 0.05) is 31.9 Å². The predicted octanol–water partition coefficient (Wildman–Crippen LogP) is 1.29. The van der Waals surface area contributed by atoms with Gasteiger partial charge < -0.3 is 10.1 Å². The van der Waals surface area contributed by atoms with Crippen LogP contribution in [0.25, 0.3) is 0 Å². The predicted molar refractivity (Wildman–Crippen MR) is 66.3 cm³/mol. The van der Waals surface area contributed by atoms with Gasteiger partial charge in [-0.15, -0.1) is 0 Å². The van der Waals surface area contributed by atoms with Crippen LogP contribution in [0.1, 0.15) is 12.0 Å². The Labute approximate surface area is 105 Å². The van der Waals surface area contributed by atoms with Crippen molar-refractivity contribution < 1.29 is 14.5 Å². The van der Waals surface area contributed by atoms with Crippen molar-refractivity contribution in [3.05, 3.63) is 39.9 Å². The van der Waals surface area contributed by atoms with Crippen LogP contribution in [-0.4, -0.2) is 31.1 Å². The van der Waals surface area contributed by atoms with Gasteiger partial charge in [-0.3, -0.25) is 14.9 Å². The van der Waals surface area contributed by atoms with Gasteiger partial charge >= 0.3 is 0 Å². The summed E-state index contributed by atoms with van der Waals surface area (Å²) in [5, 5.41) is 13.5. The van der Waals surface area contributed by atoms with Crippen LogP contribution in [0.3, 0.4) is 0 Å². The molecule has 1 rings (SSSR count). The maximum absolute atomic E-state index is 11.6. The number of carbonyl (C=O) groups excluding carboxylic acids is 1. The molecule has 98 valence electrons. The van der Waals surface area contributed by atoms with Gasteiger partial charge in [0.05, 0.1) is 11.3 Å². The monoisotopic (exact) mass is 252 g/mol. The molecule has 0 bridgehead atoms. The SMILES string of the molecule is COCCCNC(=O)Cc1ccccc1[N+](=O)[O-]. The number of nitro groups is 1. The van der Waals surface area contributed by atoms with E-state index in [-0.39, 0.29) is 18.0 Å². The van der Waals surface area contributed by atoms with Gasteiger partial charge in [-0.1, -0.05) is 18.2 Å². The van der Waals surface area contributed by atoms with E-state index in [1.165, 1.54) is 6.07 Å². The highest BCUT2D eigenvalue weighted by Gasteiger charge is 2.14. The van der Waals surface area contributed by atoms with E-state index in [4.69, 9.17) is 4.74 Å². The summed E-state index contributed by atoms with van der Waals surface area (Å²) in [6.07, 6.45) is 0.739. The molecule has 1 aromatic rings. The zero-order chi connectivity index (χ0) is 13.4. The fourth-order valence-electron chi connectivity index (χ4n) is 1.52. The Morgan fingerprint density at radius 1 is 1.44 bits per heavy atom. The van der Waals surface area contributed by atoms with Crippen LogP contribution in [0.15, 0.2) is 24.3 Å². The number of benzene rings is 1. The van der Waals surface area contributed by atoms with Gasteiger partial charge in [0.2, 0.25) is 5.91 Å². The van der Waals surface area contributed by atoms with Crippen LogP contribution in [0.5, 0.6) is 0 Å². The van der Waals surface area contributed by atoms with Crippen LogP contribution >= 0.6 is 0 Å². The second-order valence-electron chi connectivity index (χ2n) is 3.76. The lowest BCUT2D eigenvalue weighted by molar-refractivity contribution is -0.385. The van der Waals surface area contributed by atoms with Crippen molar-refractivity contribution in [3.63, 3.8) is 0 Å². The van der Waals surface area contributed by atoms with Crippen molar-refractivity contribution >= 4 is 11.6 Å². The molecule has 0 aliphatic carbocycles. The number of nitro benzene ring substituents is 1. The van der Waals surface area contributed by atoms with Crippen LogP contribution in [-0.2, 0) is 16.0 Å². The Morgan fingerprint density at radius 2 is 2.17 bits per heavy atom. The van der Waals surface area contributed by atoms with Gasteiger partial charge in [0.1, 0.15) is 0 Å². The fraction of sp³-hybridized carbons (Fsp3) is 0.417. The van der Waals surface area contributed by atoms with Crippen molar-refractivity contribution in [3.8, 4) is 0 Å². The number of carbonyl (C=O) groups is 1. The number of nitrogens with zero attached hydrogens (tertiary/aromatic N) is 1. The second kappa shape index (κ2) is 7.39. The van der Waals surface area contributed by atoms with Crippen molar-refractivity contribution in [2.75, 3.05) is 20.3 Å². The third kappa shape index (κ3) is 4.50. The van der Waals surface area contributed by atoms with E-state index < -0.39 is 4.92 Å². The maximum Gasteiger partial charge on any atom is 0.273 e. The lowest BCUT2D eigenvalue weighted by atomic mass is 10.1. The normalized spacial score (nSPS) is 10.1. The lowest BCUT2D eigenvalue weighted by Crippen LogP contribution is -2.27. The third-order valence-electron chi connectivity index (χ3n) is 2.39. The minimum Gasteiger partial charge on any atom is -0.385 e. The van der Waals surface area contributed by atoms with Gasteiger partial charge in [0.25, 0.3) is 5.69 Å². The number of amides is 1. The summed E-state index contributed by atoms with van der Waals surface area (Å²) in [5.74, 6) is -0.222. The van der Waals surface area contributed by atoms with E-state index in [0.717, 1.165) is 6.42 Å². The highest BCUT2D eigenvalue weighted by Crippen LogP contribution is 2.17. The second-order valence-corrected chi connectivity index (χ2v) is 3.76. The molecule has 0 radical (unpaired) electrons. The molecule has 1 N–H and O–H groups in total. The maximum atomic E-state index is 11.6. The van der Waals surface area contributed by atoms with E-state index in [2.05, 4.69) is 5.32 Å². The van der Waals surface area contributed by atoms with Gasteiger partial charge in [0.15, 0.2) is 0 Å². The van der Waals surface area contributed by atoms with Crippen LogP contribution in [0, 0.1) is 10.1 Å². The average molecular weight is 252 g/mol. The smallest absolute Gasteiger partial charge is 0.273 e. The molecule has 6 nitrogen and oxygen atoms in total. The molecule has 1 aromatic carbocycles. The quantitative estimate of drug-likeness (QED) is 0.450. The summed E-state index contributed by atoms with van der Waals surface area (Å²) in [6.45, 7) is 1.08. The molecule has 0 spiro atoms. The first-order valence-electron chi connectivity index (χ1n) is 5.63. The number of methoxy groups -OCH3 is 1. The Morgan fingerprint density at radius 3 is 2.83 bits per heavy atom. The minimum atomic E-state index is -0.479. The Balaban J connectivity index is 2.51. The molecule has 0 atom stereocenters. The highest BCUT2D eigenvalue weighted by molar-refractivity contribution is 5.79. The summed E-state index contributed by atoms with van der Waals surface area (Å²) in [6, 6.07) is 6.25. The van der Waals surface area contributed by atoms with E-state index >= 15 is 0 Å². The molecule has 6 heteroatoms. The zero-order valence-electron chi connectivity index (χ0n) is 10.2. The first-order valence-corrected chi connectivity index (χ1v) is 5.63. The Kier molecular flexibility index (Phi) is 5.79. The molecular weight excluding hydrogens is 236 g/mol. The first kappa shape index (κ1) is 14.1. The van der Waals surface area contributed by atoms with Crippen LogP contribution < -0.4 is 5.32 Å². The van der Waals surface area contributed by atoms with Crippen LogP contribution in [0.4, 0.5) is 5.69 Å². The molecule has 0 aliphatic rings. The third-order valence-corrected chi connectivity index (χ3v) is 2.39. The molecule has 0 heterocycles. The van der Waals surface area contributed by atoms with E-state index in [9.17, 15) is 14.9 Å². The summed E-state index contributed by atoms with van der Waals surface area (Å²) in [7, 11) is 1.59. The highest BCUT2D eigenvalue weighted by atomic mass is 16.6. The molecule has 0 saturated carbocycles. The number of hydrogen-bond acceptors (Lipinski definition) is 4. The molecule has 0 unspecified atom stereocenters. The van der Waals surface area contributed by atoms with Crippen molar-refractivity contribution in [2.24, 2.45) is 0 Å². The number of rotatable bonds is 7. The molecule has 1 amide bonds. The molecule has 0 saturated heterocycles. The lowest BCUT2D eigenvalue weighted by Gasteiger charge is -2.05. The molecule has 0 aliphatic heterocycles. The van der Waals surface area contributed by atoms with Crippen LogP contribution in [0.2, 0.25) is 0 Å². The number of para-hydroxylation sites is 1. The van der Waals surface area contributed by atoms with Crippen molar-refractivity contribution in [1.29, 1.82) is 0 Å². The number of hydrogen-bond donors (Lipinski definition) is 1. The van der Waals surface area contributed by atoms with Gasteiger partial charge in [-0.25, -0.2) is 0 Å². The zero-order valence-corrected chi connectivity index (χ0v) is 10.2. The van der Waals surface area contributed by atoms with E-state index in [1.807, 2.05) is 0 Å². The van der Waals surface area contributed by atoms with Gasteiger partial charge in [-0.05, 0) is 6.42 Å². The number of nitrogens with one attached hydrogen (secondary N) is 1. The summed E-state index contributed by atoms with van der Waals surface area (Å²) >= 11 is 0. The summed E-state index contributed by atoms with van der Waals surface area (Å²) < 4.78 is 4.85. The van der Waals surface area contributed by atoms with E-state index in [0.29, 0.717) is 18.7 Å². The standard InChI is InChI=1S/C12H16N2O4/c1-18-8-4-7-13-12(15)9-10-5-2-3-6-11(10)14(16)17/h2-3,5-6H,4,7-9H2,1H3,(H,13,15). The summed E-state index contributed by atoms with van der Waals surface area (Å²) in [5.41, 5.74) is 0.399. The fourth-order valence-corrected chi connectivity index (χ4v) is 1.52. The molecule has 0 aromatic heterocycles. The topological polar surface area (TPSA) is 81.5 Å². The van der Waals surface area contributed by atoms with Gasteiger partial charge in [-0.2, -0.15) is 0 Å². The number of ether oxygens (including phenoxy) is 1. The van der Waals surface area contributed by atoms with Crippen molar-refractivity contribution in [2.45, 2.75) is 12.8 Å². The minimum absolute atomic E-state index is 0.0180. The first-order chi connectivity index (χ1) is 8.65. The summed E-state index contributed by atoms with van der Waals surface area (Å²) in [4.78, 5) is 21.9. The van der Waals surface area contributed by atoms with Crippen molar-refractivity contribution in [1.82, 2.24) is 5.32 Å². The Hall–Kier alpha value is -1.95. The largest absolute Gasteiger partial charge is 0.385 e. The van der Waals surface area contributed by atoms with E-state index in [1.54, 1.807) is 25.3 Å². The Bertz CT molecular complexity index is 420. The average Bonchev–Trinajstić information content (AvgIpc) is 2.35. The molecular formula is C12H16N2O4. The molecule has 18 heavy (non-hydrogen) atoms.